The Balaban J connectivity index is 2.52. The first-order valence-corrected chi connectivity index (χ1v) is 7.30. The molecule has 5 N–H and O–H groups in total. The van der Waals surface area contributed by atoms with E-state index in [0.29, 0.717) is 16.5 Å². The van der Waals surface area contributed by atoms with Gasteiger partial charge in [-0.25, -0.2) is 0 Å². The number of hydrogen-bond acceptors (Lipinski definition) is 6. The third-order valence-electron chi connectivity index (χ3n) is 3.10. The summed E-state index contributed by atoms with van der Waals surface area (Å²) in [6.07, 6.45) is 1.45. The van der Waals surface area contributed by atoms with Crippen LogP contribution in [0.2, 0.25) is 0 Å². The third kappa shape index (κ3) is 2.99. The highest BCUT2D eigenvalue weighted by molar-refractivity contribution is 8.03. The highest BCUT2D eigenvalue weighted by Gasteiger charge is 2.35. The first-order valence-electron chi connectivity index (χ1n) is 6.32. The summed E-state index contributed by atoms with van der Waals surface area (Å²) in [6, 6.07) is 5.39. The van der Waals surface area contributed by atoms with Crippen molar-refractivity contribution in [3.05, 3.63) is 46.0 Å². The van der Waals surface area contributed by atoms with Crippen molar-refractivity contribution in [3.63, 3.8) is 0 Å². The van der Waals surface area contributed by atoms with Crippen LogP contribution >= 0.6 is 11.8 Å². The maximum Gasteiger partial charge on any atom is 0.247 e. The predicted octanol–water partition coefficient (Wildman–Crippen LogP) is 0.679. The topological polar surface area (TPSA) is 135 Å². The lowest BCUT2D eigenvalue weighted by Gasteiger charge is -2.27. The summed E-state index contributed by atoms with van der Waals surface area (Å²) >= 11 is 1.10. The van der Waals surface area contributed by atoms with E-state index in [2.05, 4.69) is 11.4 Å². The fourth-order valence-corrected chi connectivity index (χ4v) is 3.07. The lowest BCUT2D eigenvalue weighted by Crippen LogP contribution is -2.31. The number of rotatable bonds is 5. The van der Waals surface area contributed by atoms with Crippen molar-refractivity contribution in [2.45, 2.75) is 12.8 Å². The van der Waals surface area contributed by atoms with Crippen LogP contribution in [0.3, 0.4) is 0 Å². The summed E-state index contributed by atoms with van der Waals surface area (Å²) in [6.45, 7) is 1.68. The fraction of sp³-hybridized carbons (Fsp3) is 0.214. The van der Waals surface area contributed by atoms with Gasteiger partial charge in [0.05, 0.1) is 40.2 Å². The molecule has 0 fully saturated rings. The van der Waals surface area contributed by atoms with Crippen molar-refractivity contribution in [3.8, 4) is 6.07 Å². The number of hydrogen-bond donors (Lipinski definition) is 3. The van der Waals surface area contributed by atoms with E-state index in [0.717, 1.165) is 11.8 Å². The molecule has 7 nitrogen and oxygen atoms in total. The molecular weight excluding hydrogens is 304 g/mol. The molecule has 0 aliphatic carbocycles. The summed E-state index contributed by atoms with van der Waals surface area (Å²) in [5.41, 5.74) is 11.6. The van der Waals surface area contributed by atoms with Crippen LogP contribution < -0.4 is 16.8 Å². The molecule has 22 heavy (non-hydrogen) atoms. The first-order chi connectivity index (χ1) is 10.5. The first kappa shape index (κ1) is 15.7. The van der Waals surface area contributed by atoms with Crippen LogP contribution in [0.15, 0.2) is 44.7 Å². The highest BCUT2D eigenvalue weighted by Crippen LogP contribution is 2.40. The minimum Gasteiger partial charge on any atom is -0.468 e. The van der Waals surface area contributed by atoms with Crippen LogP contribution in [0.5, 0.6) is 0 Å². The van der Waals surface area contributed by atoms with Crippen molar-refractivity contribution in [1.82, 2.24) is 5.32 Å². The number of furan rings is 1. The van der Waals surface area contributed by atoms with Gasteiger partial charge in [0.25, 0.3) is 0 Å². The molecule has 1 aliphatic heterocycles. The molecule has 0 saturated carbocycles. The third-order valence-corrected chi connectivity index (χ3v) is 4.14. The Morgan fingerprint density at radius 2 is 2.23 bits per heavy atom. The molecule has 0 unspecified atom stereocenters. The van der Waals surface area contributed by atoms with Gasteiger partial charge in [-0.1, -0.05) is 11.8 Å². The number of nitriles is 1. The molecule has 1 atom stereocenters. The maximum atomic E-state index is 11.8. The lowest BCUT2D eigenvalue weighted by molar-refractivity contribution is -0.116. The second-order valence-electron chi connectivity index (χ2n) is 4.59. The molecule has 0 spiro atoms. The van der Waals surface area contributed by atoms with Crippen LogP contribution in [-0.4, -0.2) is 17.6 Å². The molecule has 114 valence electrons. The van der Waals surface area contributed by atoms with Gasteiger partial charge in [0.1, 0.15) is 5.76 Å². The normalized spacial score (nSPS) is 17.9. The summed E-state index contributed by atoms with van der Waals surface area (Å²) < 4.78 is 5.35. The molecule has 0 saturated heterocycles. The van der Waals surface area contributed by atoms with Gasteiger partial charge in [0, 0.05) is 5.70 Å². The van der Waals surface area contributed by atoms with E-state index in [9.17, 15) is 14.9 Å². The van der Waals surface area contributed by atoms with Gasteiger partial charge in [-0.05, 0) is 19.1 Å². The Kier molecular flexibility index (Phi) is 4.58. The van der Waals surface area contributed by atoms with E-state index in [-0.39, 0.29) is 16.9 Å². The number of primary amides is 2. The van der Waals surface area contributed by atoms with Crippen molar-refractivity contribution < 1.29 is 14.0 Å². The van der Waals surface area contributed by atoms with Crippen LogP contribution in [0.1, 0.15) is 18.6 Å². The Morgan fingerprint density at radius 1 is 1.50 bits per heavy atom. The van der Waals surface area contributed by atoms with Gasteiger partial charge < -0.3 is 21.2 Å². The monoisotopic (exact) mass is 318 g/mol. The van der Waals surface area contributed by atoms with E-state index in [1.165, 1.54) is 6.26 Å². The summed E-state index contributed by atoms with van der Waals surface area (Å²) in [7, 11) is 0. The zero-order chi connectivity index (χ0) is 16.3. The van der Waals surface area contributed by atoms with E-state index in [1.54, 1.807) is 19.1 Å². The number of nitrogens with one attached hydrogen (secondary N) is 1. The van der Waals surface area contributed by atoms with Crippen LogP contribution in [0, 0.1) is 11.3 Å². The van der Waals surface area contributed by atoms with Crippen molar-refractivity contribution >= 4 is 23.6 Å². The average Bonchev–Trinajstić information content (AvgIpc) is 2.97. The number of amides is 2. The standard InChI is InChI=1S/C14H14N4O3S/c1-7-11(13(17)20)12(9-3-2-4-21-9)8(5-15)14(18-7)22-6-10(16)19/h2-4,12,18H,6H2,1H3,(H2,16,19)(H2,17,20)/t12-/m1/s1. The smallest absolute Gasteiger partial charge is 0.247 e. The van der Waals surface area contributed by atoms with Gasteiger partial charge >= 0.3 is 0 Å². The van der Waals surface area contributed by atoms with Crippen LogP contribution in [0.25, 0.3) is 0 Å². The molecule has 0 aromatic carbocycles. The largest absolute Gasteiger partial charge is 0.468 e. The minimum absolute atomic E-state index is 0.0115. The van der Waals surface area contributed by atoms with E-state index in [1.807, 2.05) is 0 Å². The molecule has 0 bridgehead atoms. The second-order valence-corrected chi connectivity index (χ2v) is 5.57. The number of carbonyl (C=O) groups excluding carboxylic acids is 2. The molecule has 1 aromatic heterocycles. The molecule has 2 amide bonds. The molecule has 2 rings (SSSR count). The highest BCUT2D eigenvalue weighted by atomic mass is 32.2. The van der Waals surface area contributed by atoms with E-state index in [4.69, 9.17) is 15.9 Å². The molecule has 0 radical (unpaired) electrons. The van der Waals surface area contributed by atoms with Crippen LogP contribution in [0.4, 0.5) is 0 Å². The van der Waals surface area contributed by atoms with Crippen molar-refractivity contribution in [2.75, 3.05) is 5.75 Å². The lowest BCUT2D eigenvalue weighted by atomic mass is 9.86. The number of dihydropyridines is 1. The Labute approximate surface area is 131 Å². The number of allylic oxidation sites excluding steroid dienone is 2. The van der Waals surface area contributed by atoms with Gasteiger partial charge in [0.2, 0.25) is 11.8 Å². The number of thioether (sulfide) groups is 1. The number of nitrogens with two attached hydrogens (primary N) is 2. The summed E-state index contributed by atoms with van der Waals surface area (Å²) in [4.78, 5) is 22.7. The SMILES string of the molecule is CC1=C(C(N)=O)[C@@H](c2ccco2)C(C#N)=C(SCC(N)=O)N1. The Hall–Kier alpha value is -2.66. The van der Waals surface area contributed by atoms with Gasteiger partial charge in [-0.15, -0.1) is 0 Å². The Morgan fingerprint density at radius 3 is 2.73 bits per heavy atom. The minimum atomic E-state index is -0.700. The molecule has 8 heteroatoms. The van der Waals surface area contributed by atoms with E-state index >= 15 is 0 Å². The maximum absolute atomic E-state index is 11.8. The molecular formula is C14H14N4O3S. The van der Waals surface area contributed by atoms with Gasteiger partial charge in [-0.2, -0.15) is 5.26 Å². The van der Waals surface area contributed by atoms with Crippen LogP contribution in [-0.2, 0) is 9.59 Å². The zero-order valence-electron chi connectivity index (χ0n) is 11.8. The number of carbonyl (C=O) groups is 2. The zero-order valence-corrected chi connectivity index (χ0v) is 12.6. The molecule has 1 aliphatic rings. The molecule has 2 heterocycles. The second kappa shape index (κ2) is 6.41. The predicted molar refractivity (Wildman–Crippen MR) is 80.8 cm³/mol. The average molecular weight is 318 g/mol. The fourth-order valence-electron chi connectivity index (χ4n) is 2.24. The van der Waals surface area contributed by atoms with Crippen molar-refractivity contribution in [1.29, 1.82) is 5.26 Å². The molecule has 1 aromatic rings. The van der Waals surface area contributed by atoms with Gasteiger partial charge in [-0.3, -0.25) is 9.59 Å². The number of nitrogens with zero attached hydrogens (tertiary/aromatic N) is 1. The Bertz CT molecular complexity index is 713. The summed E-state index contributed by atoms with van der Waals surface area (Å²) in [5.74, 6) is -1.40. The van der Waals surface area contributed by atoms with E-state index < -0.39 is 17.7 Å². The quantitative estimate of drug-likeness (QED) is 0.730. The van der Waals surface area contributed by atoms with Crippen molar-refractivity contribution in [2.24, 2.45) is 11.5 Å². The summed E-state index contributed by atoms with van der Waals surface area (Å²) in [5, 5.41) is 12.9. The van der Waals surface area contributed by atoms with Gasteiger partial charge in [0.15, 0.2) is 0 Å².